The van der Waals surface area contributed by atoms with Crippen molar-refractivity contribution in [3.63, 3.8) is 0 Å². The molecule has 0 spiro atoms. The lowest BCUT2D eigenvalue weighted by Crippen LogP contribution is -1.80. The van der Waals surface area contributed by atoms with Gasteiger partial charge in [0.25, 0.3) is 0 Å². The Kier molecular flexibility index (Phi) is 4.11. The molecule has 0 atom stereocenters. The van der Waals surface area contributed by atoms with E-state index in [4.69, 9.17) is 10.2 Å². The summed E-state index contributed by atoms with van der Waals surface area (Å²) in [6.07, 6.45) is 0. The van der Waals surface area contributed by atoms with Crippen molar-refractivity contribution in [3.8, 4) is 11.5 Å². The van der Waals surface area contributed by atoms with E-state index in [1.807, 2.05) is 36.4 Å². The zero-order valence-electron chi connectivity index (χ0n) is 12.8. The number of phenols is 2. The molecule has 23 heavy (non-hydrogen) atoms. The zero-order chi connectivity index (χ0) is 16.2. The van der Waals surface area contributed by atoms with Crippen LogP contribution in [0.25, 0.3) is 21.8 Å². The van der Waals surface area contributed by atoms with Gasteiger partial charge in [0.2, 0.25) is 0 Å². The van der Waals surface area contributed by atoms with Crippen molar-refractivity contribution < 1.29 is 10.2 Å². The highest BCUT2D eigenvalue weighted by atomic mass is 16.3. The maximum Gasteiger partial charge on any atom is 0.122 e. The number of aromatic hydroxyl groups is 2. The van der Waals surface area contributed by atoms with Crippen LogP contribution < -0.4 is 0 Å². The highest BCUT2D eigenvalue weighted by Crippen LogP contribution is 2.23. The molecule has 0 fully saturated rings. The Morgan fingerprint density at radius 3 is 1.61 bits per heavy atom. The molecule has 114 valence electrons. The first-order chi connectivity index (χ1) is 11.1. The first kappa shape index (κ1) is 14.9. The molecule has 0 saturated carbocycles. The van der Waals surface area contributed by atoms with Crippen molar-refractivity contribution in [1.29, 1.82) is 0 Å². The van der Waals surface area contributed by atoms with E-state index >= 15 is 0 Å². The van der Waals surface area contributed by atoms with Crippen LogP contribution in [0, 0.1) is 6.92 Å². The SMILES string of the molecule is Cc1c(O)cccc1O.c1ccc2nc3ccccc3cc2c1. The van der Waals surface area contributed by atoms with Gasteiger partial charge < -0.3 is 10.2 Å². The summed E-state index contributed by atoms with van der Waals surface area (Å²) in [5.74, 6) is 0.269. The molecular weight excluding hydrogens is 286 g/mol. The summed E-state index contributed by atoms with van der Waals surface area (Å²) in [5, 5.41) is 20.3. The molecule has 3 aromatic carbocycles. The number of para-hydroxylation sites is 2. The van der Waals surface area contributed by atoms with Gasteiger partial charge in [0.15, 0.2) is 0 Å². The molecule has 2 N–H and O–H groups in total. The van der Waals surface area contributed by atoms with Gasteiger partial charge in [0.1, 0.15) is 11.5 Å². The molecule has 0 radical (unpaired) electrons. The minimum absolute atomic E-state index is 0.134. The summed E-state index contributed by atoms with van der Waals surface area (Å²) in [5.41, 5.74) is 2.65. The number of pyridine rings is 1. The largest absolute Gasteiger partial charge is 0.508 e. The average Bonchev–Trinajstić information content (AvgIpc) is 2.58. The molecule has 1 heterocycles. The van der Waals surface area contributed by atoms with Gasteiger partial charge in [0.05, 0.1) is 11.0 Å². The summed E-state index contributed by atoms with van der Waals surface area (Å²) < 4.78 is 0. The van der Waals surface area contributed by atoms with Crippen LogP contribution in [0.3, 0.4) is 0 Å². The third-order valence-electron chi connectivity index (χ3n) is 3.70. The van der Waals surface area contributed by atoms with Crippen molar-refractivity contribution in [1.82, 2.24) is 4.98 Å². The predicted molar refractivity (Wildman–Crippen MR) is 93.8 cm³/mol. The van der Waals surface area contributed by atoms with Crippen LogP contribution in [-0.4, -0.2) is 15.2 Å². The summed E-state index contributed by atoms with van der Waals surface area (Å²) in [7, 11) is 0. The van der Waals surface area contributed by atoms with Crippen molar-refractivity contribution in [2.45, 2.75) is 6.92 Å². The summed E-state index contributed by atoms with van der Waals surface area (Å²) in [6.45, 7) is 1.66. The molecule has 4 rings (SSSR count). The Labute approximate surface area is 134 Å². The average molecular weight is 303 g/mol. The molecule has 0 amide bonds. The molecule has 0 saturated heterocycles. The molecular formula is C20H17NO2. The molecule has 3 nitrogen and oxygen atoms in total. The van der Waals surface area contributed by atoms with Gasteiger partial charge in [0, 0.05) is 16.3 Å². The van der Waals surface area contributed by atoms with Crippen molar-refractivity contribution in [2.75, 3.05) is 0 Å². The van der Waals surface area contributed by atoms with E-state index in [9.17, 15) is 0 Å². The van der Waals surface area contributed by atoms with Crippen molar-refractivity contribution in [3.05, 3.63) is 78.4 Å². The minimum atomic E-state index is 0.134. The van der Waals surface area contributed by atoms with Gasteiger partial charge in [-0.15, -0.1) is 0 Å². The van der Waals surface area contributed by atoms with E-state index in [1.165, 1.54) is 22.9 Å². The maximum atomic E-state index is 8.94. The number of nitrogens with zero attached hydrogens (tertiary/aromatic N) is 1. The quantitative estimate of drug-likeness (QED) is 0.459. The van der Waals surface area contributed by atoms with E-state index in [-0.39, 0.29) is 11.5 Å². The van der Waals surface area contributed by atoms with Gasteiger partial charge in [-0.2, -0.15) is 0 Å². The molecule has 0 bridgehead atoms. The first-order valence-corrected chi connectivity index (χ1v) is 7.37. The molecule has 4 aromatic rings. The monoisotopic (exact) mass is 303 g/mol. The number of fused-ring (bicyclic) bond motifs is 2. The number of hydrogen-bond donors (Lipinski definition) is 2. The van der Waals surface area contributed by atoms with E-state index in [2.05, 4.69) is 23.2 Å². The van der Waals surface area contributed by atoms with Crippen LogP contribution in [0.1, 0.15) is 5.56 Å². The Morgan fingerprint density at radius 2 is 1.13 bits per heavy atom. The highest BCUT2D eigenvalue weighted by Gasteiger charge is 1.98. The molecule has 0 aliphatic rings. The van der Waals surface area contributed by atoms with Crippen LogP contribution in [0.4, 0.5) is 0 Å². The molecule has 0 aliphatic heterocycles. The van der Waals surface area contributed by atoms with Crippen LogP contribution >= 0.6 is 0 Å². The summed E-state index contributed by atoms with van der Waals surface area (Å²) in [6, 6.07) is 23.2. The van der Waals surface area contributed by atoms with Crippen molar-refractivity contribution in [2.24, 2.45) is 0 Å². The first-order valence-electron chi connectivity index (χ1n) is 7.37. The normalized spacial score (nSPS) is 10.3. The zero-order valence-corrected chi connectivity index (χ0v) is 12.8. The van der Waals surface area contributed by atoms with Crippen LogP contribution in [0.5, 0.6) is 11.5 Å². The van der Waals surface area contributed by atoms with Gasteiger partial charge in [-0.3, -0.25) is 0 Å². The second-order valence-electron chi connectivity index (χ2n) is 5.30. The minimum Gasteiger partial charge on any atom is -0.508 e. The maximum absolute atomic E-state index is 8.94. The van der Waals surface area contributed by atoms with E-state index in [1.54, 1.807) is 13.0 Å². The Hall–Kier alpha value is -3.07. The fourth-order valence-corrected chi connectivity index (χ4v) is 2.33. The summed E-state index contributed by atoms with van der Waals surface area (Å²) in [4.78, 5) is 4.58. The van der Waals surface area contributed by atoms with Gasteiger partial charge in [-0.1, -0.05) is 42.5 Å². The Bertz CT molecular complexity index is 838. The van der Waals surface area contributed by atoms with E-state index in [0.29, 0.717) is 5.56 Å². The van der Waals surface area contributed by atoms with Crippen LogP contribution in [0.2, 0.25) is 0 Å². The Morgan fingerprint density at radius 1 is 0.652 bits per heavy atom. The number of benzene rings is 3. The fourth-order valence-electron chi connectivity index (χ4n) is 2.33. The number of aromatic nitrogens is 1. The summed E-state index contributed by atoms with van der Waals surface area (Å²) >= 11 is 0. The van der Waals surface area contributed by atoms with Crippen LogP contribution in [0.15, 0.2) is 72.8 Å². The third kappa shape index (κ3) is 3.24. The molecule has 0 unspecified atom stereocenters. The lowest BCUT2D eigenvalue weighted by molar-refractivity contribution is 0.443. The second kappa shape index (κ2) is 6.36. The van der Waals surface area contributed by atoms with Crippen LogP contribution in [-0.2, 0) is 0 Å². The molecule has 3 heteroatoms. The van der Waals surface area contributed by atoms with E-state index in [0.717, 1.165) is 11.0 Å². The smallest absolute Gasteiger partial charge is 0.122 e. The number of hydrogen-bond acceptors (Lipinski definition) is 3. The third-order valence-corrected chi connectivity index (χ3v) is 3.70. The molecule has 1 aromatic heterocycles. The lowest BCUT2D eigenvalue weighted by Gasteiger charge is -1.99. The fraction of sp³-hybridized carbons (Fsp3) is 0.0500. The van der Waals surface area contributed by atoms with E-state index < -0.39 is 0 Å². The standard InChI is InChI=1S/C13H9N.C7H8O2/c1-3-7-12-10(5-1)9-11-6-2-4-8-13(11)14-12;1-5-6(8)3-2-4-7(5)9/h1-9H;2-4,8-9H,1H3. The number of rotatable bonds is 0. The number of phenolic OH excluding ortho intramolecular Hbond substituents is 2. The second-order valence-corrected chi connectivity index (χ2v) is 5.30. The topological polar surface area (TPSA) is 53.4 Å². The Balaban J connectivity index is 0.000000151. The highest BCUT2D eigenvalue weighted by molar-refractivity contribution is 5.92. The van der Waals surface area contributed by atoms with Gasteiger partial charge in [-0.25, -0.2) is 4.98 Å². The van der Waals surface area contributed by atoms with Crippen molar-refractivity contribution >= 4 is 21.8 Å². The van der Waals surface area contributed by atoms with Gasteiger partial charge in [-0.05, 0) is 37.3 Å². The lowest BCUT2D eigenvalue weighted by atomic mass is 10.1. The van der Waals surface area contributed by atoms with Gasteiger partial charge >= 0.3 is 0 Å². The molecule has 0 aliphatic carbocycles. The predicted octanol–water partition coefficient (Wildman–Crippen LogP) is 4.79.